The van der Waals surface area contributed by atoms with Crippen LogP contribution >= 0.6 is 15.9 Å². The van der Waals surface area contributed by atoms with Crippen molar-refractivity contribution < 1.29 is 14.3 Å². The summed E-state index contributed by atoms with van der Waals surface area (Å²) in [5, 5.41) is 0. The number of carbonyl (C=O) groups is 2. The van der Waals surface area contributed by atoms with Crippen LogP contribution in [0.15, 0.2) is 22.7 Å². The molecule has 1 atom stereocenters. The molecule has 5 heteroatoms. The van der Waals surface area contributed by atoms with Crippen LogP contribution in [0.2, 0.25) is 0 Å². The molecule has 0 aliphatic carbocycles. The maximum Gasteiger partial charge on any atom is 0.328 e. The standard InChI is InChI=1S/C13H14BrNO3/c1-3-11(13(17)18-2)15-7-8-4-5-9(14)6-10(8)12(15)16/h4-6,11H,3,7H2,1-2H3. The van der Waals surface area contributed by atoms with E-state index in [2.05, 4.69) is 15.9 Å². The first-order valence-corrected chi connectivity index (χ1v) is 6.55. The van der Waals surface area contributed by atoms with Crippen molar-refractivity contribution in [3.8, 4) is 0 Å². The summed E-state index contributed by atoms with van der Waals surface area (Å²) in [4.78, 5) is 25.5. The second-order valence-electron chi connectivity index (χ2n) is 4.18. The molecule has 0 aromatic heterocycles. The smallest absolute Gasteiger partial charge is 0.328 e. The van der Waals surface area contributed by atoms with E-state index >= 15 is 0 Å². The number of hydrogen-bond donors (Lipinski definition) is 0. The van der Waals surface area contributed by atoms with E-state index in [1.54, 1.807) is 11.0 Å². The highest BCUT2D eigenvalue weighted by Gasteiger charge is 2.35. The van der Waals surface area contributed by atoms with Crippen LogP contribution in [0.5, 0.6) is 0 Å². The number of benzene rings is 1. The first-order chi connectivity index (χ1) is 8.58. The van der Waals surface area contributed by atoms with Gasteiger partial charge in [0.15, 0.2) is 0 Å². The third-order valence-electron chi connectivity index (χ3n) is 3.14. The molecule has 1 amide bonds. The zero-order chi connectivity index (χ0) is 13.3. The van der Waals surface area contributed by atoms with E-state index in [9.17, 15) is 9.59 Å². The van der Waals surface area contributed by atoms with Crippen LogP contribution < -0.4 is 0 Å². The van der Waals surface area contributed by atoms with Crippen molar-refractivity contribution >= 4 is 27.8 Å². The molecule has 0 N–H and O–H groups in total. The fourth-order valence-corrected chi connectivity index (χ4v) is 2.56. The molecular formula is C13H14BrNO3. The van der Waals surface area contributed by atoms with Gasteiger partial charge in [0.05, 0.1) is 7.11 Å². The minimum Gasteiger partial charge on any atom is -0.467 e. The number of methoxy groups -OCH3 is 1. The molecule has 0 spiro atoms. The van der Waals surface area contributed by atoms with Crippen LogP contribution in [0.3, 0.4) is 0 Å². The molecule has 1 heterocycles. The summed E-state index contributed by atoms with van der Waals surface area (Å²) in [6, 6.07) is 5.09. The summed E-state index contributed by atoms with van der Waals surface area (Å²) in [5.41, 5.74) is 1.61. The highest BCUT2D eigenvalue weighted by molar-refractivity contribution is 9.10. The lowest BCUT2D eigenvalue weighted by Gasteiger charge is -2.24. The lowest BCUT2D eigenvalue weighted by molar-refractivity contribution is -0.146. The quantitative estimate of drug-likeness (QED) is 0.805. The average Bonchev–Trinajstić information content (AvgIpc) is 2.68. The Kier molecular flexibility index (Phi) is 3.71. The van der Waals surface area contributed by atoms with Gasteiger partial charge in [-0.05, 0) is 24.1 Å². The predicted molar refractivity (Wildman–Crippen MR) is 70.1 cm³/mol. The molecular weight excluding hydrogens is 298 g/mol. The number of halogens is 1. The van der Waals surface area contributed by atoms with Crippen LogP contribution in [0, 0.1) is 0 Å². The fraction of sp³-hybridized carbons (Fsp3) is 0.385. The summed E-state index contributed by atoms with van der Waals surface area (Å²) in [6.07, 6.45) is 0.549. The van der Waals surface area contributed by atoms with E-state index in [0.29, 0.717) is 18.5 Å². The maximum absolute atomic E-state index is 12.3. The van der Waals surface area contributed by atoms with Crippen molar-refractivity contribution in [2.75, 3.05) is 7.11 Å². The van der Waals surface area contributed by atoms with Crippen molar-refractivity contribution in [3.05, 3.63) is 33.8 Å². The number of amides is 1. The normalized spacial score (nSPS) is 15.5. The van der Waals surface area contributed by atoms with Gasteiger partial charge in [0.25, 0.3) is 5.91 Å². The number of hydrogen-bond acceptors (Lipinski definition) is 3. The molecule has 18 heavy (non-hydrogen) atoms. The molecule has 1 aliphatic heterocycles. The highest BCUT2D eigenvalue weighted by atomic mass is 79.9. The third kappa shape index (κ3) is 2.14. The molecule has 1 unspecified atom stereocenters. The lowest BCUT2D eigenvalue weighted by Crippen LogP contribution is -2.41. The van der Waals surface area contributed by atoms with Crippen LogP contribution in [-0.2, 0) is 16.1 Å². The number of fused-ring (bicyclic) bond motifs is 1. The summed E-state index contributed by atoms with van der Waals surface area (Å²) >= 11 is 3.35. The summed E-state index contributed by atoms with van der Waals surface area (Å²) in [7, 11) is 1.34. The minimum atomic E-state index is -0.506. The van der Waals surface area contributed by atoms with Gasteiger partial charge in [0, 0.05) is 16.6 Å². The molecule has 0 saturated heterocycles. The zero-order valence-corrected chi connectivity index (χ0v) is 11.9. The minimum absolute atomic E-state index is 0.108. The van der Waals surface area contributed by atoms with E-state index in [1.807, 2.05) is 19.1 Å². The van der Waals surface area contributed by atoms with Crippen molar-refractivity contribution in [1.82, 2.24) is 4.90 Å². The molecule has 96 valence electrons. The Bertz CT molecular complexity index is 501. The Morgan fingerprint density at radius 2 is 2.28 bits per heavy atom. The molecule has 4 nitrogen and oxygen atoms in total. The Morgan fingerprint density at radius 3 is 2.89 bits per heavy atom. The summed E-state index contributed by atoms with van der Waals surface area (Å²) in [5.74, 6) is -0.471. The lowest BCUT2D eigenvalue weighted by atomic mass is 10.1. The SMILES string of the molecule is CCC(C(=O)OC)N1Cc2ccc(Br)cc2C1=O. The van der Waals surface area contributed by atoms with Crippen molar-refractivity contribution in [3.63, 3.8) is 0 Å². The van der Waals surface area contributed by atoms with Crippen LogP contribution in [0.1, 0.15) is 29.3 Å². The molecule has 2 rings (SSSR count). The Hall–Kier alpha value is -1.36. The van der Waals surface area contributed by atoms with Gasteiger partial charge in [-0.15, -0.1) is 0 Å². The van der Waals surface area contributed by atoms with Gasteiger partial charge in [-0.2, -0.15) is 0 Å². The highest BCUT2D eigenvalue weighted by Crippen LogP contribution is 2.28. The van der Waals surface area contributed by atoms with E-state index in [4.69, 9.17) is 4.74 Å². The van der Waals surface area contributed by atoms with Gasteiger partial charge in [-0.3, -0.25) is 4.79 Å². The van der Waals surface area contributed by atoms with E-state index in [0.717, 1.165) is 10.0 Å². The fourth-order valence-electron chi connectivity index (χ4n) is 2.20. The van der Waals surface area contributed by atoms with Gasteiger partial charge in [0.1, 0.15) is 6.04 Å². The molecule has 1 aliphatic rings. The molecule has 0 saturated carbocycles. The van der Waals surface area contributed by atoms with Gasteiger partial charge in [-0.25, -0.2) is 4.79 Å². The zero-order valence-electron chi connectivity index (χ0n) is 10.3. The van der Waals surface area contributed by atoms with Crippen molar-refractivity contribution in [1.29, 1.82) is 0 Å². The van der Waals surface area contributed by atoms with E-state index < -0.39 is 6.04 Å². The first kappa shape index (κ1) is 13.1. The molecule has 0 fully saturated rings. The van der Waals surface area contributed by atoms with Crippen LogP contribution in [0.4, 0.5) is 0 Å². The number of nitrogens with zero attached hydrogens (tertiary/aromatic N) is 1. The van der Waals surface area contributed by atoms with Gasteiger partial charge >= 0.3 is 5.97 Å². The molecule has 0 bridgehead atoms. The van der Waals surface area contributed by atoms with E-state index in [-0.39, 0.29) is 11.9 Å². The van der Waals surface area contributed by atoms with Gasteiger partial charge < -0.3 is 9.64 Å². The largest absolute Gasteiger partial charge is 0.467 e. The summed E-state index contributed by atoms with van der Waals surface area (Å²) in [6.45, 7) is 2.34. The Labute approximate surface area is 114 Å². The third-order valence-corrected chi connectivity index (χ3v) is 3.63. The number of ether oxygens (including phenoxy) is 1. The first-order valence-electron chi connectivity index (χ1n) is 5.75. The maximum atomic E-state index is 12.3. The van der Waals surface area contributed by atoms with Gasteiger partial charge in [-0.1, -0.05) is 28.9 Å². The van der Waals surface area contributed by atoms with Crippen LogP contribution in [0.25, 0.3) is 0 Å². The number of rotatable bonds is 3. The van der Waals surface area contributed by atoms with Gasteiger partial charge in [0.2, 0.25) is 0 Å². The summed E-state index contributed by atoms with van der Waals surface area (Å²) < 4.78 is 5.61. The molecule has 1 aromatic rings. The topological polar surface area (TPSA) is 46.6 Å². The predicted octanol–water partition coefficient (Wildman–Crippen LogP) is 2.36. The van der Waals surface area contributed by atoms with Crippen molar-refractivity contribution in [2.45, 2.75) is 25.9 Å². The van der Waals surface area contributed by atoms with Crippen LogP contribution in [-0.4, -0.2) is 29.9 Å². The molecule has 1 aromatic carbocycles. The monoisotopic (exact) mass is 311 g/mol. The van der Waals surface area contributed by atoms with E-state index in [1.165, 1.54) is 7.11 Å². The second kappa shape index (κ2) is 5.10. The Morgan fingerprint density at radius 1 is 1.56 bits per heavy atom. The molecule has 0 radical (unpaired) electrons. The van der Waals surface area contributed by atoms with Crippen molar-refractivity contribution in [2.24, 2.45) is 0 Å². The number of carbonyl (C=O) groups excluding carboxylic acids is 2. The second-order valence-corrected chi connectivity index (χ2v) is 5.10. The Balaban J connectivity index is 2.30. The number of esters is 1. The average molecular weight is 312 g/mol.